The zero-order valence-corrected chi connectivity index (χ0v) is 22.6. The van der Waals surface area contributed by atoms with Crippen LogP contribution in [0, 0.1) is 5.92 Å². The fourth-order valence-corrected chi connectivity index (χ4v) is 3.85. The van der Waals surface area contributed by atoms with Gasteiger partial charge in [-0.3, -0.25) is 4.99 Å². The molecule has 1 aliphatic rings. The highest BCUT2D eigenvalue weighted by atomic mass is 127. The van der Waals surface area contributed by atoms with E-state index in [-0.39, 0.29) is 30.1 Å². The number of hydrogen-bond acceptors (Lipinski definition) is 4. The van der Waals surface area contributed by atoms with Crippen LogP contribution in [0.25, 0.3) is 11.3 Å². The fourth-order valence-electron chi connectivity index (χ4n) is 3.85. The highest BCUT2D eigenvalue weighted by Gasteiger charge is 2.27. The molecule has 9 heteroatoms. The highest BCUT2D eigenvalue weighted by molar-refractivity contribution is 14.0. The van der Waals surface area contributed by atoms with Crippen LogP contribution in [0.3, 0.4) is 0 Å². The van der Waals surface area contributed by atoms with Crippen molar-refractivity contribution >= 4 is 36.0 Å². The number of imidazole rings is 1. The third-order valence-corrected chi connectivity index (χ3v) is 5.39. The van der Waals surface area contributed by atoms with Crippen LogP contribution in [-0.4, -0.2) is 71.2 Å². The summed E-state index contributed by atoms with van der Waals surface area (Å²) in [5.41, 5.74) is 1.64. The van der Waals surface area contributed by atoms with Crippen LogP contribution in [0.2, 0.25) is 0 Å². The highest BCUT2D eigenvalue weighted by Crippen LogP contribution is 2.19. The van der Waals surface area contributed by atoms with Gasteiger partial charge in [0, 0.05) is 33.7 Å². The van der Waals surface area contributed by atoms with Crippen molar-refractivity contribution in [2.45, 2.75) is 45.8 Å². The Kier molecular flexibility index (Phi) is 10.00. The summed E-state index contributed by atoms with van der Waals surface area (Å²) in [6.45, 7) is 8.51. The number of aliphatic imine (C=N–C) groups is 1. The molecular formula is C24H37IN6O2. The lowest BCUT2D eigenvalue weighted by Crippen LogP contribution is -2.47. The standard InChI is InChI=1S/C24H36N6O2.HI/c1-24(2,3)32-23(31)30-13-9-10-18(16-30)14-27-22(25-4)29(5)17-21-26-15-20(28-21)19-11-7-6-8-12-19;/h6-8,11-12,15,18H,9-10,13-14,16-17H2,1-5H3,(H,25,27)(H,26,28);1H. The molecule has 2 N–H and O–H groups in total. The maximum absolute atomic E-state index is 12.4. The molecule has 1 saturated heterocycles. The molecule has 1 amide bonds. The Morgan fingerprint density at radius 2 is 2.06 bits per heavy atom. The van der Waals surface area contributed by atoms with E-state index in [2.05, 4.69) is 32.4 Å². The molecule has 33 heavy (non-hydrogen) atoms. The molecule has 3 rings (SSSR count). The number of nitrogens with one attached hydrogen (secondary N) is 2. The normalized spacial score (nSPS) is 16.7. The number of aromatic amines is 1. The number of carbonyl (C=O) groups excluding carboxylic acids is 1. The van der Waals surface area contributed by atoms with E-state index in [9.17, 15) is 4.79 Å². The minimum Gasteiger partial charge on any atom is -0.444 e. The molecule has 0 radical (unpaired) electrons. The molecule has 0 saturated carbocycles. The van der Waals surface area contributed by atoms with Crippen LogP contribution in [0.5, 0.6) is 0 Å². The van der Waals surface area contributed by atoms with Crippen LogP contribution < -0.4 is 5.32 Å². The number of H-pyrrole nitrogens is 1. The van der Waals surface area contributed by atoms with Gasteiger partial charge in [0.2, 0.25) is 0 Å². The Morgan fingerprint density at radius 3 is 2.73 bits per heavy atom. The number of hydrogen-bond donors (Lipinski definition) is 2. The SMILES string of the molecule is CN=C(NCC1CCCN(C(=O)OC(C)(C)C)C1)N(C)Cc1ncc(-c2ccccc2)[nH]1.I. The largest absolute Gasteiger partial charge is 0.444 e. The predicted octanol–water partition coefficient (Wildman–Crippen LogP) is 4.35. The molecule has 8 nitrogen and oxygen atoms in total. The van der Waals surface area contributed by atoms with Crippen molar-refractivity contribution in [3.05, 3.63) is 42.4 Å². The summed E-state index contributed by atoms with van der Waals surface area (Å²) >= 11 is 0. The molecule has 1 atom stereocenters. The Labute approximate surface area is 214 Å². The number of amides is 1. The fraction of sp³-hybridized carbons (Fsp3) is 0.542. The van der Waals surface area contributed by atoms with Crippen molar-refractivity contribution in [2.24, 2.45) is 10.9 Å². The first-order valence-electron chi connectivity index (χ1n) is 11.2. The topological polar surface area (TPSA) is 85.8 Å². The monoisotopic (exact) mass is 568 g/mol. The van der Waals surface area contributed by atoms with Gasteiger partial charge in [-0.2, -0.15) is 0 Å². The van der Waals surface area contributed by atoms with E-state index < -0.39 is 5.60 Å². The smallest absolute Gasteiger partial charge is 0.410 e. The quantitative estimate of drug-likeness (QED) is 0.319. The first kappa shape index (κ1) is 26.9. The second kappa shape index (κ2) is 12.2. The number of carbonyl (C=O) groups is 1. The summed E-state index contributed by atoms with van der Waals surface area (Å²) in [7, 11) is 3.78. The van der Waals surface area contributed by atoms with E-state index in [0.29, 0.717) is 19.0 Å². The number of aromatic nitrogens is 2. The molecule has 1 aromatic heterocycles. The maximum Gasteiger partial charge on any atom is 0.410 e. The van der Waals surface area contributed by atoms with E-state index in [1.807, 2.05) is 62.0 Å². The molecule has 0 aliphatic carbocycles. The van der Waals surface area contributed by atoms with Crippen molar-refractivity contribution in [1.82, 2.24) is 25.1 Å². The van der Waals surface area contributed by atoms with Crippen molar-refractivity contribution in [3.63, 3.8) is 0 Å². The van der Waals surface area contributed by atoms with Gasteiger partial charge < -0.3 is 24.8 Å². The lowest BCUT2D eigenvalue weighted by Gasteiger charge is -2.34. The molecule has 2 heterocycles. The molecular weight excluding hydrogens is 531 g/mol. The summed E-state index contributed by atoms with van der Waals surface area (Å²) in [5.74, 6) is 2.04. The number of likely N-dealkylation sites (tertiary alicyclic amines) is 1. The average molecular weight is 569 g/mol. The molecule has 1 aromatic carbocycles. The van der Waals surface area contributed by atoms with Crippen molar-refractivity contribution in [1.29, 1.82) is 0 Å². The van der Waals surface area contributed by atoms with E-state index in [4.69, 9.17) is 4.74 Å². The first-order chi connectivity index (χ1) is 15.2. The lowest BCUT2D eigenvalue weighted by atomic mass is 9.98. The summed E-state index contributed by atoms with van der Waals surface area (Å²) in [4.78, 5) is 28.6. The number of ether oxygens (including phenoxy) is 1. The zero-order valence-electron chi connectivity index (χ0n) is 20.3. The molecule has 2 aromatic rings. The van der Waals surface area contributed by atoms with E-state index in [1.54, 1.807) is 7.05 Å². The number of piperidine rings is 1. The molecule has 1 aliphatic heterocycles. The van der Waals surface area contributed by atoms with Crippen LogP contribution in [0.15, 0.2) is 41.5 Å². The van der Waals surface area contributed by atoms with Gasteiger partial charge in [-0.25, -0.2) is 9.78 Å². The van der Waals surface area contributed by atoms with Crippen LogP contribution in [0.1, 0.15) is 39.4 Å². The third-order valence-electron chi connectivity index (χ3n) is 5.39. The Bertz CT molecular complexity index is 909. The van der Waals surface area contributed by atoms with Gasteiger partial charge in [-0.05, 0) is 45.1 Å². The number of guanidine groups is 1. The van der Waals surface area contributed by atoms with E-state index >= 15 is 0 Å². The second-order valence-corrected chi connectivity index (χ2v) is 9.33. The van der Waals surface area contributed by atoms with Crippen molar-refractivity contribution in [3.8, 4) is 11.3 Å². The predicted molar refractivity (Wildman–Crippen MR) is 143 cm³/mol. The first-order valence-corrected chi connectivity index (χ1v) is 11.2. The van der Waals surface area contributed by atoms with Gasteiger partial charge >= 0.3 is 6.09 Å². The van der Waals surface area contributed by atoms with Gasteiger partial charge in [0.05, 0.1) is 18.4 Å². The Balaban J connectivity index is 0.00000385. The van der Waals surface area contributed by atoms with Crippen LogP contribution in [0.4, 0.5) is 4.79 Å². The van der Waals surface area contributed by atoms with Crippen LogP contribution >= 0.6 is 24.0 Å². The van der Waals surface area contributed by atoms with E-state index in [0.717, 1.165) is 49.0 Å². The third kappa shape index (κ3) is 8.21. The number of rotatable bonds is 5. The second-order valence-electron chi connectivity index (χ2n) is 9.33. The minimum atomic E-state index is -0.473. The minimum absolute atomic E-state index is 0. The van der Waals surface area contributed by atoms with Crippen molar-refractivity contribution < 1.29 is 9.53 Å². The summed E-state index contributed by atoms with van der Waals surface area (Å²) in [5, 5.41) is 3.46. The molecule has 182 valence electrons. The molecule has 0 bridgehead atoms. The number of nitrogens with zero attached hydrogens (tertiary/aromatic N) is 4. The van der Waals surface area contributed by atoms with Gasteiger partial charge in [-0.1, -0.05) is 30.3 Å². The summed E-state index contributed by atoms with van der Waals surface area (Å²) in [6.07, 6.45) is 3.69. The zero-order chi connectivity index (χ0) is 23.1. The molecule has 0 spiro atoms. The average Bonchev–Trinajstić information content (AvgIpc) is 3.22. The Hall–Kier alpha value is -2.30. The summed E-state index contributed by atoms with van der Waals surface area (Å²) < 4.78 is 5.54. The van der Waals surface area contributed by atoms with Crippen molar-refractivity contribution in [2.75, 3.05) is 33.7 Å². The number of benzene rings is 1. The van der Waals surface area contributed by atoms with Gasteiger partial charge in [-0.15, -0.1) is 24.0 Å². The van der Waals surface area contributed by atoms with E-state index in [1.165, 1.54) is 0 Å². The molecule has 1 fully saturated rings. The lowest BCUT2D eigenvalue weighted by molar-refractivity contribution is 0.0168. The van der Waals surface area contributed by atoms with Gasteiger partial charge in [0.25, 0.3) is 0 Å². The summed E-state index contributed by atoms with van der Waals surface area (Å²) in [6, 6.07) is 10.2. The van der Waals surface area contributed by atoms with Gasteiger partial charge in [0.1, 0.15) is 11.4 Å². The number of halogens is 1. The van der Waals surface area contributed by atoms with Crippen LogP contribution in [-0.2, 0) is 11.3 Å². The molecule has 1 unspecified atom stereocenters. The Morgan fingerprint density at radius 1 is 1.33 bits per heavy atom. The maximum atomic E-state index is 12.4. The van der Waals surface area contributed by atoms with Gasteiger partial charge in [0.15, 0.2) is 5.96 Å².